The van der Waals surface area contributed by atoms with E-state index < -0.39 is 0 Å². The molecule has 3 rings (SSSR count). The predicted octanol–water partition coefficient (Wildman–Crippen LogP) is 3.23. The van der Waals surface area contributed by atoms with Gasteiger partial charge in [0.1, 0.15) is 11.6 Å². The minimum atomic E-state index is 0.410. The van der Waals surface area contributed by atoms with Crippen molar-refractivity contribution >= 4 is 5.82 Å². The third kappa shape index (κ3) is 3.94. The molecular weight excluding hydrogens is 326 g/mol. The monoisotopic (exact) mass is 351 g/mol. The van der Waals surface area contributed by atoms with E-state index in [2.05, 4.69) is 33.4 Å². The van der Waals surface area contributed by atoms with Crippen molar-refractivity contribution in [3.8, 4) is 23.1 Å². The van der Waals surface area contributed by atoms with Crippen molar-refractivity contribution in [3.05, 3.63) is 35.4 Å². The number of anilines is 1. The number of hydrogen-bond acceptors (Lipinski definition) is 6. The molecule has 2 aromatic rings. The van der Waals surface area contributed by atoms with Gasteiger partial charge in [-0.3, -0.25) is 0 Å². The number of aromatic nitrogens is 2. The number of piperidine rings is 1. The maximum atomic E-state index is 9.06. The molecule has 1 aliphatic rings. The number of ether oxygens (including phenoxy) is 1. The SMILES string of the molecule is CCN1CCC[C@@H](Nc2cc(C)c(-c3ccc(C#N)cc3OC)nn2)C1. The predicted molar refractivity (Wildman–Crippen MR) is 102 cm³/mol. The van der Waals surface area contributed by atoms with Crippen LogP contribution in [0.1, 0.15) is 30.9 Å². The van der Waals surface area contributed by atoms with E-state index in [1.807, 2.05) is 19.1 Å². The normalized spacial score (nSPS) is 17.5. The van der Waals surface area contributed by atoms with Gasteiger partial charge in [-0.1, -0.05) is 6.92 Å². The molecule has 0 bridgehead atoms. The van der Waals surface area contributed by atoms with Gasteiger partial charge in [-0.25, -0.2) is 0 Å². The van der Waals surface area contributed by atoms with Gasteiger partial charge in [0.15, 0.2) is 0 Å². The number of hydrogen-bond donors (Lipinski definition) is 1. The van der Waals surface area contributed by atoms with E-state index in [9.17, 15) is 0 Å². The molecule has 1 fully saturated rings. The van der Waals surface area contributed by atoms with Crippen LogP contribution in [0, 0.1) is 18.3 Å². The van der Waals surface area contributed by atoms with Crippen molar-refractivity contribution in [1.82, 2.24) is 15.1 Å². The molecule has 0 unspecified atom stereocenters. The molecule has 0 aliphatic carbocycles. The van der Waals surface area contributed by atoms with Crippen LogP contribution in [0.15, 0.2) is 24.3 Å². The molecule has 0 amide bonds. The van der Waals surface area contributed by atoms with Gasteiger partial charge in [0.05, 0.1) is 24.4 Å². The molecule has 1 aromatic carbocycles. The zero-order valence-electron chi connectivity index (χ0n) is 15.6. The Labute approximate surface area is 154 Å². The minimum Gasteiger partial charge on any atom is -0.496 e. The average Bonchev–Trinajstić information content (AvgIpc) is 2.68. The highest BCUT2D eigenvalue weighted by atomic mass is 16.5. The van der Waals surface area contributed by atoms with E-state index in [1.165, 1.54) is 13.0 Å². The summed E-state index contributed by atoms with van der Waals surface area (Å²) in [6.45, 7) is 7.53. The summed E-state index contributed by atoms with van der Waals surface area (Å²) in [7, 11) is 1.60. The zero-order valence-corrected chi connectivity index (χ0v) is 15.6. The first-order chi connectivity index (χ1) is 12.6. The van der Waals surface area contributed by atoms with E-state index >= 15 is 0 Å². The Kier molecular flexibility index (Phi) is 5.69. The molecular formula is C20H25N5O. The second kappa shape index (κ2) is 8.15. The highest BCUT2D eigenvalue weighted by molar-refractivity contribution is 5.71. The molecule has 1 aromatic heterocycles. The van der Waals surface area contributed by atoms with Crippen LogP contribution in [0.4, 0.5) is 5.82 Å². The number of likely N-dealkylation sites (tertiary alicyclic amines) is 1. The summed E-state index contributed by atoms with van der Waals surface area (Å²) in [4.78, 5) is 2.46. The average molecular weight is 351 g/mol. The van der Waals surface area contributed by atoms with E-state index in [4.69, 9.17) is 10.00 Å². The molecule has 6 heteroatoms. The third-order valence-corrected chi connectivity index (χ3v) is 4.87. The van der Waals surface area contributed by atoms with E-state index in [0.717, 1.165) is 42.1 Å². The Morgan fingerprint density at radius 1 is 1.35 bits per heavy atom. The molecule has 0 radical (unpaired) electrons. The molecule has 6 nitrogen and oxygen atoms in total. The van der Waals surface area contributed by atoms with Crippen molar-refractivity contribution in [3.63, 3.8) is 0 Å². The van der Waals surface area contributed by atoms with Crippen LogP contribution in [-0.2, 0) is 0 Å². The number of likely N-dealkylation sites (N-methyl/N-ethyl adjacent to an activating group) is 1. The molecule has 26 heavy (non-hydrogen) atoms. The van der Waals surface area contributed by atoms with Gasteiger partial charge in [-0.05, 0) is 62.7 Å². The molecule has 0 spiro atoms. The topological polar surface area (TPSA) is 74.1 Å². The molecule has 1 saturated heterocycles. The molecule has 1 atom stereocenters. The highest BCUT2D eigenvalue weighted by Crippen LogP contribution is 2.32. The van der Waals surface area contributed by atoms with Crippen molar-refractivity contribution in [2.75, 3.05) is 32.1 Å². The second-order valence-corrected chi connectivity index (χ2v) is 6.66. The summed E-state index contributed by atoms with van der Waals surface area (Å²) < 4.78 is 5.43. The van der Waals surface area contributed by atoms with E-state index in [1.54, 1.807) is 19.2 Å². The first-order valence-electron chi connectivity index (χ1n) is 9.06. The van der Waals surface area contributed by atoms with Crippen molar-refractivity contribution in [2.24, 2.45) is 0 Å². The minimum absolute atomic E-state index is 0.410. The number of nitriles is 1. The number of benzene rings is 1. The van der Waals surface area contributed by atoms with Crippen molar-refractivity contribution in [2.45, 2.75) is 32.7 Å². The van der Waals surface area contributed by atoms with Crippen LogP contribution in [0.2, 0.25) is 0 Å². The lowest BCUT2D eigenvalue weighted by Gasteiger charge is -2.32. The fourth-order valence-corrected chi connectivity index (χ4v) is 3.45. The summed E-state index contributed by atoms with van der Waals surface area (Å²) in [6, 6.07) is 9.93. The fourth-order valence-electron chi connectivity index (χ4n) is 3.45. The van der Waals surface area contributed by atoms with Crippen LogP contribution in [-0.4, -0.2) is 47.9 Å². The van der Waals surface area contributed by atoms with Gasteiger partial charge in [0.25, 0.3) is 0 Å². The smallest absolute Gasteiger partial charge is 0.149 e. The third-order valence-electron chi connectivity index (χ3n) is 4.87. The molecule has 1 aliphatic heterocycles. The number of methoxy groups -OCH3 is 1. The second-order valence-electron chi connectivity index (χ2n) is 6.66. The lowest BCUT2D eigenvalue weighted by atomic mass is 10.0. The summed E-state index contributed by atoms with van der Waals surface area (Å²) in [5, 5.41) is 21.4. The molecule has 136 valence electrons. The van der Waals surface area contributed by atoms with Gasteiger partial charge in [0.2, 0.25) is 0 Å². The maximum absolute atomic E-state index is 9.06. The van der Waals surface area contributed by atoms with E-state index in [0.29, 0.717) is 17.4 Å². The standard InChI is InChI=1S/C20H25N5O/c1-4-25-9-5-6-16(13-25)22-19-10-14(2)20(24-23-19)17-8-7-15(12-21)11-18(17)26-3/h7-8,10-11,16H,4-6,9,13H2,1-3H3,(H,22,23)/t16-/m1/s1. The van der Waals surface area contributed by atoms with Crippen molar-refractivity contribution < 1.29 is 4.74 Å². The Hall–Kier alpha value is -2.65. The van der Waals surface area contributed by atoms with Crippen LogP contribution in [0.5, 0.6) is 5.75 Å². The number of aryl methyl sites for hydroxylation is 1. The van der Waals surface area contributed by atoms with Crippen LogP contribution < -0.4 is 10.1 Å². The Morgan fingerprint density at radius 2 is 2.19 bits per heavy atom. The van der Waals surface area contributed by atoms with Crippen LogP contribution >= 0.6 is 0 Å². The van der Waals surface area contributed by atoms with Crippen LogP contribution in [0.25, 0.3) is 11.3 Å². The summed E-state index contributed by atoms with van der Waals surface area (Å²) in [6.07, 6.45) is 2.36. The molecule has 2 heterocycles. The molecule has 0 saturated carbocycles. The first-order valence-corrected chi connectivity index (χ1v) is 9.06. The molecule has 1 N–H and O–H groups in total. The zero-order chi connectivity index (χ0) is 18.5. The van der Waals surface area contributed by atoms with Gasteiger partial charge in [0, 0.05) is 18.2 Å². The highest BCUT2D eigenvalue weighted by Gasteiger charge is 2.19. The van der Waals surface area contributed by atoms with E-state index in [-0.39, 0.29) is 0 Å². The lowest BCUT2D eigenvalue weighted by molar-refractivity contribution is 0.226. The van der Waals surface area contributed by atoms with Crippen molar-refractivity contribution in [1.29, 1.82) is 5.26 Å². The summed E-state index contributed by atoms with van der Waals surface area (Å²) in [5.74, 6) is 1.44. The van der Waals surface area contributed by atoms with Gasteiger partial charge in [-0.2, -0.15) is 5.26 Å². The van der Waals surface area contributed by atoms with Crippen LogP contribution in [0.3, 0.4) is 0 Å². The Bertz CT molecular complexity index is 814. The number of nitrogens with zero attached hydrogens (tertiary/aromatic N) is 4. The number of nitrogens with one attached hydrogen (secondary N) is 1. The summed E-state index contributed by atoms with van der Waals surface area (Å²) in [5.41, 5.74) is 3.20. The largest absolute Gasteiger partial charge is 0.496 e. The fraction of sp³-hybridized carbons (Fsp3) is 0.450. The van der Waals surface area contributed by atoms with Gasteiger partial charge < -0.3 is 15.0 Å². The van der Waals surface area contributed by atoms with Gasteiger partial charge >= 0.3 is 0 Å². The lowest BCUT2D eigenvalue weighted by Crippen LogP contribution is -2.42. The summed E-state index contributed by atoms with van der Waals surface area (Å²) >= 11 is 0. The quantitative estimate of drug-likeness (QED) is 0.891. The Balaban J connectivity index is 1.81. The number of rotatable bonds is 5. The Morgan fingerprint density at radius 3 is 2.88 bits per heavy atom. The van der Waals surface area contributed by atoms with Gasteiger partial charge in [-0.15, -0.1) is 10.2 Å². The maximum Gasteiger partial charge on any atom is 0.149 e. The first kappa shape index (κ1) is 18.2.